The minimum atomic E-state index is -0.370. The quantitative estimate of drug-likeness (QED) is 0.727. The molecule has 1 atom stereocenters. The van der Waals surface area contributed by atoms with Crippen LogP contribution in [0.15, 0.2) is 11.8 Å². The molecule has 2 N–H and O–H groups in total. The van der Waals surface area contributed by atoms with Gasteiger partial charge < -0.3 is 20.1 Å². The molecule has 2 rings (SSSR count). The van der Waals surface area contributed by atoms with E-state index < -0.39 is 0 Å². The lowest BCUT2D eigenvalue weighted by molar-refractivity contribution is -0.136. The molecule has 0 bridgehead atoms. The van der Waals surface area contributed by atoms with Crippen LogP contribution in [0.5, 0.6) is 0 Å². The van der Waals surface area contributed by atoms with Gasteiger partial charge in [-0.3, -0.25) is 14.5 Å². The Balaban J connectivity index is 1.86. The van der Waals surface area contributed by atoms with Gasteiger partial charge in [-0.1, -0.05) is 0 Å². The van der Waals surface area contributed by atoms with Crippen LogP contribution in [0.3, 0.4) is 0 Å². The molecule has 0 aromatic rings. The van der Waals surface area contributed by atoms with Crippen LogP contribution < -0.4 is 5.73 Å². The molecule has 1 fully saturated rings. The van der Waals surface area contributed by atoms with Crippen molar-refractivity contribution < 1.29 is 19.1 Å². The van der Waals surface area contributed by atoms with Crippen LogP contribution in [0.2, 0.25) is 0 Å². The molecule has 0 unspecified atom stereocenters. The number of morpholine rings is 1. The Hall–Kier alpha value is -1.60. The summed E-state index contributed by atoms with van der Waals surface area (Å²) in [7, 11) is 1.81. The number of likely N-dealkylation sites (N-methyl/N-ethyl adjacent to an activating group) is 1. The fourth-order valence-electron chi connectivity index (χ4n) is 2.62. The monoisotopic (exact) mass is 297 g/mol. The number of amides is 2. The van der Waals surface area contributed by atoms with Crippen molar-refractivity contribution in [3.05, 3.63) is 11.8 Å². The van der Waals surface area contributed by atoms with Crippen LogP contribution in [0.4, 0.5) is 0 Å². The second-order valence-electron chi connectivity index (χ2n) is 5.52. The summed E-state index contributed by atoms with van der Waals surface area (Å²) in [4.78, 5) is 26.9. The Bertz CT molecular complexity index is 424. The third-order valence-corrected chi connectivity index (χ3v) is 3.58. The highest BCUT2D eigenvalue weighted by Gasteiger charge is 2.27. The summed E-state index contributed by atoms with van der Waals surface area (Å²) in [5.41, 5.74) is 5.89. The van der Waals surface area contributed by atoms with Gasteiger partial charge in [-0.05, 0) is 19.9 Å². The van der Waals surface area contributed by atoms with Crippen molar-refractivity contribution in [2.45, 2.75) is 18.9 Å². The highest BCUT2D eigenvalue weighted by atomic mass is 16.5. The fourth-order valence-corrected chi connectivity index (χ4v) is 2.62. The SMILES string of the molecule is CN(CC(N)=O)C[C@@H]1CN(C(=O)C2=COCCC2)CCO1. The van der Waals surface area contributed by atoms with E-state index in [1.807, 2.05) is 11.9 Å². The summed E-state index contributed by atoms with van der Waals surface area (Å²) in [5, 5.41) is 0. The Kier molecular flexibility index (Phi) is 5.58. The highest BCUT2D eigenvalue weighted by Crippen LogP contribution is 2.17. The number of hydrogen-bond acceptors (Lipinski definition) is 5. The zero-order valence-corrected chi connectivity index (χ0v) is 12.4. The predicted octanol–water partition coefficient (Wildman–Crippen LogP) is -0.675. The maximum absolute atomic E-state index is 12.4. The van der Waals surface area contributed by atoms with Gasteiger partial charge in [-0.25, -0.2) is 0 Å². The lowest BCUT2D eigenvalue weighted by Gasteiger charge is -2.35. The maximum atomic E-state index is 12.4. The summed E-state index contributed by atoms with van der Waals surface area (Å²) in [6.07, 6.45) is 3.13. The first kappa shape index (κ1) is 15.8. The number of rotatable bonds is 5. The number of hydrogen-bond donors (Lipinski definition) is 1. The van der Waals surface area contributed by atoms with E-state index in [4.69, 9.17) is 15.2 Å². The molecule has 0 radical (unpaired) electrons. The molecule has 7 heteroatoms. The largest absolute Gasteiger partial charge is 0.501 e. The number of nitrogens with two attached hydrogens (primary N) is 1. The second-order valence-corrected chi connectivity index (χ2v) is 5.52. The third kappa shape index (κ3) is 4.71. The van der Waals surface area contributed by atoms with E-state index in [9.17, 15) is 9.59 Å². The van der Waals surface area contributed by atoms with E-state index in [1.54, 1.807) is 11.2 Å². The average molecular weight is 297 g/mol. The van der Waals surface area contributed by atoms with E-state index in [2.05, 4.69) is 0 Å². The van der Waals surface area contributed by atoms with Crippen molar-refractivity contribution >= 4 is 11.8 Å². The molecule has 0 aromatic heterocycles. The molecule has 2 heterocycles. The Labute approximate surface area is 124 Å². The normalized spacial score (nSPS) is 22.7. The summed E-state index contributed by atoms with van der Waals surface area (Å²) in [6.45, 7) is 3.07. The van der Waals surface area contributed by atoms with Gasteiger partial charge in [0.15, 0.2) is 0 Å². The Morgan fingerprint density at radius 1 is 1.48 bits per heavy atom. The molecule has 7 nitrogen and oxygen atoms in total. The van der Waals surface area contributed by atoms with Gasteiger partial charge >= 0.3 is 0 Å². The molecule has 118 valence electrons. The molecule has 2 aliphatic rings. The van der Waals surface area contributed by atoms with E-state index in [0.29, 0.717) is 32.8 Å². The molecule has 0 aromatic carbocycles. The van der Waals surface area contributed by atoms with Crippen LogP contribution in [0.1, 0.15) is 12.8 Å². The molecule has 1 saturated heterocycles. The van der Waals surface area contributed by atoms with Gasteiger partial charge in [-0.2, -0.15) is 0 Å². The van der Waals surface area contributed by atoms with Gasteiger partial charge in [-0.15, -0.1) is 0 Å². The molecule has 0 saturated carbocycles. The number of ether oxygens (including phenoxy) is 2. The first-order valence-corrected chi connectivity index (χ1v) is 7.24. The highest BCUT2D eigenvalue weighted by molar-refractivity contribution is 5.93. The molecule has 0 spiro atoms. The van der Waals surface area contributed by atoms with Crippen molar-refractivity contribution in [1.29, 1.82) is 0 Å². The topological polar surface area (TPSA) is 85.1 Å². The number of primary amides is 1. The average Bonchev–Trinajstić information content (AvgIpc) is 2.46. The third-order valence-electron chi connectivity index (χ3n) is 3.58. The fraction of sp³-hybridized carbons (Fsp3) is 0.714. The maximum Gasteiger partial charge on any atom is 0.253 e. The second kappa shape index (κ2) is 7.42. The van der Waals surface area contributed by atoms with Crippen LogP contribution in [0.25, 0.3) is 0 Å². The van der Waals surface area contributed by atoms with Gasteiger partial charge in [0, 0.05) is 19.6 Å². The minimum absolute atomic E-state index is 0.0283. The predicted molar refractivity (Wildman–Crippen MR) is 76.3 cm³/mol. The van der Waals surface area contributed by atoms with Gasteiger partial charge in [0.1, 0.15) is 0 Å². The van der Waals surface area contributed by atoms with Crippen molar-refractivity contribution in [3.8, 4) is 0 Å². The van der Waals surface area contributed by atoms with E-state index in [1.165, 1.54) is 0 Å². The number of carbonyl (C=O) groups excluding carboxylic acids is 2. The summed E-state index contributed by atoms with van der Waals surface area (Å²) < 4.78 is 10.9. The molecule has 21 heavy (non-hydrogen) atoms. The first-order chi connectivity index (χ1) is 10.1. The van der Waals surface area contributed by atoms with Crippen LogP contribution in [-0.4, -0.2) is 74.2 Å². The lowest BCUT2D eigenvalue weighted by Crippen LogP contribution is -2.50. The van der Waals surface area contributed by atoms with Crippen LogP contribution in [-0.2, 0) is 19.1 Å². The van der Waals surface area contributed by atoms with Gasteiger partial charge in [0.05, 0.1) is 37.7 Å². The zero-order valence-electron chi connectivity index (χ0n) is 12.4. The van der Waals surface area contributed by atoms with E-state index in [0.717, 1.165) is 18.4 Å². The smallest absolute Gasteiger partial charge is 0.253 e. The van der Waals surface area contributed by atoms with E-state index >= 15 is 0 Å². The molecule has 2 aliphatic heterocycles. The molecular formula is C14H23N3O4. The summed E-state index contributed by atoms with van der Waals surface area (Å²) in [6, 6.07) is 0. The standard InChI is InChI=1S/C14H23N3O4/c1-16(9-13(15)18)7-12-8-17(4-6-21-12)14(19)11-3-2-5-20-10-11/h10,12H,2-9H2,1H3,(H2,15,18)/t12-/m1/s1. The Morgan fingerprint density at radius 3 is 2.95 bits per heavy atom. The number of carbonyl (C=O) groups is 2. The van der Waals surface area contributed by atoms with Crippen molar-refractivity contribution in [2.24, 2.45) is 5.73 Å². The number of nitrogens with zero attached hydrogens (tertiary/aromatic N) is 2. The molecule has 2 amide bonds. The van der Waals surface area contributed by atoms with Crippen LogP contribution in [0, 0.1) is 0 Å². The van der Waals surface area contributed by atoms with Crippen molar-refractivity contribution in [2.75, 3.05) is 46.4 Å². The van der Waals surface area contributed by atoms with Gasteiger partial charge in [0.25, 0.3) is 5.91 Å². The molecular weight excluding hydrogens is 274 g/mol. The summed E-state index contributed by atoms with van der Waals surface area (Å²) >= 11 is 0. The van der Waals surface area contributed by atoms with Crippen LogP contribution >= 0.6 is 0 Å². The first-order valence-electron chi connectivity index (χ1n) is 7.24. The lowest BCUT2D eigenvalue weighted by atomic mass is 10.1. The zero-order chi connectivity index (χ0) is 15.2. The molecule has 0 aliphatic carbocycles. The Morgan fingerprint density at radius 2 is 2.29 bits per heavy atom. The van der Waals surface area contributed by atoms with Gasteiger partial charge in [0.2, 0.25) is 5.91 Å². The van der Waals surface area contributed by atoms with Crippen molar-refractivity contribution in [1.82, 2.24) is 9.80 Å². The summed E-state index contributed by atoms with van der Waals surface area (Å²) in [5.74, 6) is -0.341. The minimum Gasteiger partial charge on any atom is -0.501 e. The van der Waals surface area contributed by atoms with E-state index in [-0.39, 0.29) is 24.5 Å². The van der Waals surface area contributed by atoms with Crippen molar-refractivity contribution in [3.63, 3.8) is 0 Å².